The topological polar surface area (TPSA) is 89.0 Å². The van der Waals surface area contributed by atoms with Gasteiger partial charge in [-0.1, -0.05) is 48.5 Å². The molecular formula is C25H29N3O4. The zero-order chi connectivity index (χ0) is 23.1. The molecule has 3 rings (SSSR count). The Morgan fingerprint density at radius 2 is 1.81 bits per heavy atom. The Hall–Kier alpha value is -3.61. The fraction of sp³-hybridized carbons (Fsp3) is 0.320. The minimum absolute atomic E-state index is 0.203. The van der Waals surface area contributed by atoms with Crippen LogP contribution in [0.5, 0.6) is 5.75 Å². The van der Waals surface area contributed by atoms with E-state index in [0.717, 1.165) is 22.4 Å². The number of hydrogen-bond acceptors (Lipinski definition) is 5. The molecule has 32 heavy (non-hydrogen) atoms. The summed E-state index contributed by atoms with van der Waals surface area (Å²) >= 11 is 0. The number of benzene rings is 2. The first kappa shape index (κ1) is 23.1. The Balaban J connectivity index is 1.69. The number of nitrogens with zero attached hydrogens (tertiary/aromatic N) is 1. The molecule has 2 aromatic rings. The summed E-state index contributed by atoms with van der Waals surface area (Å²) in [4.78, 5) is 25.1. The molecule has 0 saturated heterocycles. The van der Waals surface area contributed by atoms with Crippen LogP contribution in [-0.2, 0) is 16.0 Å². The van der Waals surface area contributed by atoms with Crippen LogP contribution in [0.1, 0.15) is 38.8 Å². The van der Waals surface area contributed by atoms with Gasteiger partial charge in [0.1, 0.15) is 23.5 Å². The number of ether oxygens (including phenoxy) is 2. The van der Waals surface area contributed by atoms with E-state index in [-0.39, 0.29) is 6.10 Å². The first-order chi connectivity index (χ1) is 15.2. The molecule has 7 nitrogen and oxygen atoms in total. The van der Waals surface area contributed by atoms with Crippen LogP contribution in [-0.4, -0.2) is 36.0 Å². The van der Waals surface area contributed by atoms with E-state index in [9.17, 15) is 9.59 Å². The monoisotopic (exact) mass is 435 g/mol. The molecule has 2 amide bonds. The number of carbonyl (C=O) groups excluding carboxylic acids is 2. The maximum Gasteiger partial charge on any atom is 0.408 e. The quantitative estimate of drug-likeness (QED) is 0.528. The van der Waals surface area contributed by atoms with Crippen molar-refractivity contribution in [1.29, 1.82) is 0 Å². The highest BCUT2D eigenvalue weighted by Gasteiger charge is 2.25. The lowest BCUT2D eigenvalue weighted by molar-refractivity contribution is -0.123. The lowest BCUT2D eigenvalue weighted by atomic mass is 10.0. The average Bonchev–Trinajstić information content (AvgIpc) is 2.73. The second-order valence-corrected chi connectivity index (χ2v) is 8.57. The number of fused-ring (bicyclic) bond motifs is 1. The molecule has 0 saturated carbocycles. The second kappa shape index (κ2) is 10.1. The SMILES string of the molecule is CC1Oc2ccccc2C=C1/C=N/NC(=O)C(Cc1ccccc1)NC(=O)OC(C)(C)C. The molecule has 0 radical (unpaired) electrons. The molecule has 2 atom stereocenters. The molecule has 0 aliphatic carbocycles. The third-order valence-corrected chi connectivity index (χ3v) is 4.69. The van der Waals surface area contributed by atoms with Gasteiger partial charge < -0.3 is 14.8 Å². The number of para-hydroxylation sites is 1. The number of nitrogens with one attached hydrogen (secondary N) is 2. The third kappa shape index (κ3) is 6.70. The van der Waals surface area contributed by atoms with Crippen LogP contribution in [0.4, 0.5) is 4.79 Å². The van der Waals surface area contributed by atoms with Crippen molar-refractivity contribution < 1.29 is 19.1 Å². The normalized spacial score (nSPS) is 16.4. The molecule has 0 bridgehead atoms. The number of hydrazone groups is 1. The number of alkyl carbamates (subject to hydrolysis) is 1. The van der Waals surface area contributed by atoms with Crippen LogP contribution in [0.15, 0.2) is 65.3 Å². The molecule has 0 spiro atoms. The van der Waals surface area contributed by atoms with Gasteiger partial charge in [0.25, 0.3) is 5.91 Å². The van der Waals surface area contributed by atoms with E-state index in [1.165, 1.54) is 0 Å². The summed E-state index contributed by atoms with van der Waals surface area (Å²) in [6.45, 7) is 7.21. The molecule has 2 aromatic carbocycles. The van der Waals surface area contributed by atoms with E-state index < -0.39 is 23.6 Å². The Labute approximate surface area is 188 Å². The predicted molar refractivity (Wildman–Crippen MR) is 124 cm³/mol. The van der Waals surface area contributed by atoms with Crippen LogP contribution in [0.25, 0.3) is 6.08 Å². The van der Waals surface area contributed by atoms with E-state index in [4.69, 9.17) is 9.47 Å². The van der Waals surface area contributed by atoms with Crippen LogP contribution in [0.3, 0.4) is 0 Å². The highest BCUT2D eigenvalue weighted by molar-refractivity contribution is 5.91. The zero-order valence-corrected chi connectivity index (χ0v) is 18.8. The highest BCUT2D eigenvalue weighted by atomic mass is 16.6. The maximum atomic E-state index is 12.8. The van der Waals surface area contributed by atoms with E-state index in [0.29, 0.717) is 6.42 Å². The number of hydrogen-bond donors (Lipinski definition) is 2. The Morgan fingerprint density at radius 3 is 2.53 bits per heavy atom. The molecule has 2 N–H and O–H groups in total. The van der Waals surface area contributed by atoms with E-state index >= 15 is 0 Å². The van der Waals surface area contributed by atoms with Crippen molar-refractivity contribution in [3.8, 4) is 5.75 Å². The van der Waals surface area contributed by atoms with Gasteiger partial charge in [-0.2, -0.15) is 5.10 Å². The Kier molecular flexibility index (Phi) is 7.30. The van der Waals surface area contributed by atoms with E-state index in [1.807, 2.05) is 67.6 Å². The third-order valence-electron chi connectivity index (χ3n) is 4.69. The predicted octanol–water partition coefficient (Wildman–Crippen LogP) is 4.09. The summed E-state index contributed by atoms with van der Waals surface area (Å²) < 4.78 is 11.2. The Morgan fingerprint density at radius 1 is 1.12 bits per heavy atom. The van der Waals surface area contributed by atoms with Crippen LogP contribution >= 0.6 is 0 Å². The van der Waals surface area contributed by atoms with Crippen molar-refractivity contribution in [2.24, 2.45) is 5.10 Å². The molecule has 1 aliphatic heterocycles. The van der Waals surface area contributed by atoms with Gasteiger partial charge in [-0.25, -0.2) is 10.2 Å². The summed E-state index contributed by atoms with van der Waals surface area (Å²) in [7, 11) is 0. The Bertz CT molecular complexity index is 1010. The van der Waals surface area contributed by atoms with Gasteiger partial charge in [0.2, 0.25) is 0 Å². The van der Waals surface area contributed by atoms with Crippen molar-refractivity contribution in [3.05, 3.63) is 71.3 Å². The summed E-state index contributed by atoms with van der Waals surface area (Å²) in [5.74, 6) is 0.368. The molecule has 0 aromatic heterocycles. The first-order valence-electron chi connectivity index (χ1n) is 10.5. The fourth-order valence-corrected chi connectivity index (χ4v) is 3.16. The second-order valence-electron chi connectivity index (χ2n) is 8.57. The molecule has 1 aliphatic rings. The summed E-state index contributed by atoms with van der Waals surface area (Å²) in [5, 5.41) is 6.74. The van der Waals surface area contributed by atoms with Gasteiger partial charge in [-0.3, -0.25) is 4.79 Å². The van der Waals surface area contributed by atoms with Gasteiger partial charge in [0.15, 0.2) is 0 Å². The number of carbonyl (C=O) groups is 2. The van der Waals surface area contributed by atoms with E-state index in [1.54, 1.807) is 27.0 Å². The van der Waals surface area contributed by atoms with Gasteiger partial charge in [-0.15, -0.1) is 0 Å². The lowest BCUT2D eigenvalue weighted by Gasteiger charge is -2.23. The minimum atomic E-state index is -0.848. The van der Waals surface area contributed by atoms with Crippen molar-refractivity contribution in [3.63, 3.8) is 0 Å². The highest BCUT2D eigenvalue weighted by Crippen LogP contribution is 2.28. The zero-order valence-electron chi connectivity index (χ0n) is 18.8. The van der Waals surface area contributed by atoms with Crippen LogP contribution in [0, 0.1) is 0 Å². The van der Waals surface area contributed by atoms with Crippen molar-refractivity contribution in [2.75, 3.05) is 0 Å². The fourth-order valence-electron chi connectivity index (χ4n) is 3.16. The molecule has 2 unspecified atom stereocenters. The molecular weight excluding hydrogens is 406 g/mol. The standard InChI is InChI=1S/C25H29N3O4/c1-17-20(15-19-12-8-9-13-22(19)31-17)16-26-28-23(29)21(14-18-10-6-5-7-11-18)27-24(30)32-25(2,3)4/h5-13,15-17,21H,14H2,1-4H3,(H,27,30)(H,28,29)/b26-16+. The van der Waals surface area contributed by atoms with Crippen molar-refractivity contribution >= 4 is 24.3 Å². The maximum absolute atomic E-state index is 12.8. The molecule has 0 fully saturated rings. The minimum Gasteiger partial charge on any atom is -0.485 e. The summed E-state index contributed by atoms with van der Waals surface area (Å²) in [6, 6.07) is 16.3. The van der Waals surface area contributed by atoms with Gasteiger partial charge >= 0.3 is 6.09 Å². The smallest absolute Gasteiger partial charge is 0.408 e. The molecule has 7 heteroatoms. The lowest BCUT2D eigenvalue weighted by Crippen LogP contribution is -2.48. The largest absolute Gasteiger partial charge is 0.485 e. The summed E-state index contributed by atoms with van der Waals surface area (Å²) in [6.07, 6.45) is 2.97. The number of rotatable bonds is 6. The van der Waals surface area contributed by atoms with Crippen molar-refractivity contribution in [1.82, 2.24) is 10.7 Å². The van der Waals surface area contributed by atoms with Crippen LogP contribution in [0.2, 0.25) is 0 Å². The summed E-state index contributed by atoms with van der Waals surface area (Å²) in [5.41, 5.74) is 4.53. The van der Waals surface area contributed by atoms with Gasteiger partial charge in [0, 0.05) is 17.6 Å². The van der Waals surface area contributed by atoms with Crippen LogP contribution < -0.4 is 15.5 Å². The van der Waals surface area contributed by atoms with E-state index in [2.05, 4.69) is 15.8 Å². The van der Waals surface area contributed by atoms with Gasteiger partial charge in [-0.05, 0) is 45.4 Å². The average molecular weight is 436 g/mol. The molecule has 168 valence electrons. The first-order valence-corrected chi connectivity index (χ1v) is 10.5. The van der Waals surface area contributed by atoms with Gasteiger partial charge in [0.05, 0.1) is 6.21 Å². The van der Waals surface area contributed by atoms with Crippen molar-refractivity contribution in [2.45, 2.75) is 51.9 Å². The number of amides is 2. The molecule has 1 heterocycles.